The summed E-state index contributed by atoms with van der Waals surface area (Å²) >= 11 is 0. The van der Waals surface area contributed by atoms with Crippen molar-refractivity contribution in [3.05, 3.63) is 72.4 Å². The Morgan fingerprint density at radius 3 is 2.65 bits per heavy atom. The zero-order chi connectivity index (χ0) is 17.7. The Balaban J connectivity index is 1.72. The van der Waals surface area contributed by atoms with E-state index in [4.69, 9.17) is 0 Å². The Kier molecular flexibility index (Phi) is 3.08. The van der Waals surface area contributed by atoms with Gasteiger partial charge in [0.25, 0.3) is 0 Å². The Morgan fingerprint density at radius 2 is 1.77 bits per heavy atom. The van der Waals surface area contributed by atoms with E-state index in [9.17, 15) is 8.78 Å². The molecule has 2 aromatic heterocycles. The molecule has 7 heteroatoms. The van der Waals surface area contributed by atoms with Crippen LogP contribution in [-0.2, 0) is 0 Å². The molecule has 0 fully saturated rings. The summed E-state index contributed by atoms with van der Waals surface area (Å²) in [6.07, 6.45) is 1.58. The lowest BCUT2D eigenvalue weighted by Gasteiger charge is -2.06. The molecule has 0 spiro atoms. The molecule has 2 heterocycles. The maximum Gasteiger partial charge on any atom is 0.189 e. The molecule has 0 amide bonds. The zero-order valence-electron chi connectivity index (χ0n) is 13.3. The van der Waals surface area contributed by atoms with Gasteiger partial charge in [-0.3, -0.25) is 0 Å². The van der Waals surface area contributed by atoms with E-state index in [-0.39, 0.29) is 5.52 Å². The van der Waals surface area contributed by atoms with Gasteiger partial charge >= 0.3 is 0 Å². The molecule has 0 saturated heterocycles. The van der Waals surface area contributed by atoms with Crippen LogP contribution in [0.15, 0.2) is 60.8 Å². The number of nitrogens with zero attached hydrogens (tertiary/aromatic N) is 4. The molecular formula is C19H11F2N5. The first-order valence-electron chi connectivity index (χ1n) is 7.95. The van der Waals surface area contributed by atoms with Crippen molar-refractivity contribution in [3.63, 3.8) is 0 Å². The van der Waals surface area contributed by atoms with Crippen molar-refractivity contribution in [3.8, 4) is 17.1 Å². The van der Waals surface area contributed by atoms with Crippen molar-refractivity contribution in [2.45, 2.75) is 0 Å². The van der Waals surface area contributed by atoms with Crippen molar-refractivity contribution in [1.82, 2.24) is 25.2 Å². The van der Waals surface area contributed by atoms with Gasteiger partial charge in [0.05, 0.1) is 11.2 Å². The minimum absolute atomic E-state index is 0.217. The van der Waals surface area contributed by atoms with Crippen LogP contribution in [-0.4, -0.2) is 25.2 Å². The first-order valence-corrected chi connectivity index (χ1v) is 7.95. The largest absolute Gasteiger partial charge is 0.358 e. The number of hydrogen-bond donors (Lipinski definition) is 1. The number of tetrazole rings is 1. The summed E-state index contributed by atoms with van der Waals surface area (Å²) in [6.45, 7) is 0. The van der Waals surface area contributed by atoms with Crippen LogP contribution in [0.25, 0.3) is 38.8 Å². The fourth-order valence-electron chi connectivity index (χ4n) is 3.18. The number of fused-ring (bicyclic) bond motifs is 2. The van der Waals surface area contributed by atoms with Gasteiger partial charge in [0, 0.05) is 23.2 Å². The zero-order valence-corrected chi connectivity index (χ0v) is 13.3. The van der Waals surface area contributed by atoms with Gasteiger partial charge < -0.3 is 4.98 Å². The second-order valence-corrected chi connectivity index (χ2v) is 5.96. The van der Waals surface area contributed by atoms with Gasteiger partial charge in [-0.1, -0.05) is 30.3 Å². The molecule has 0 aliphatic rings. The van der Waals surface area contributed by atoms with E-state index < -0.39 is 11.6 Å². The van der Waals surface area contributed by atoms with Crippen molar-refractivity contribution in [2.24, 2.45) is 0 Å². The van der Waals surface area contributed by atoms with Gasteiger partial charge in [-0.2, -0.15) is 4.68 Å². The van der Waals surface area contributed by atoms with Crippen molar-refractivity contribution >= 4 is 21.7 Å². The number of H-pyrrole nitrogens is 1. The Labute approximate surface area is 145 Å². The summed E-state index contributed by atoms with van der Waals surface area (Å²) in [4.78, 5) is 2.83. The summed E-state index contributed by atoms with van der Waals surface area (Å²) in [5.41, 5.74) is 1.50. The van der Waals surface area contributed by atoms with Crippen molar-refractivity contribution in [1.29, 1.82) is 0 Å². The molecule has 0 unspecified atom stereocenters. The highest BCUT2D eigenvalue weighted by Crippen LogP contribution is 2.30. The van der Waals surface area contributed by atoms with Crippen LogP contribution in [0, 0.1) is 11.6 Å². The SMILES string of the molecule is Fc1cc(F)c2[nH]cc(-c3nnnn3-c3ccc4ccccc4c3)c2c1. The summed E-state index contributed by atoms with van der Waals surface area (Å²) < 4.78 is 29.2. The maximum absolute atomic E-state index is 14.0. The first kappa shape index (κ1) is 14.7. The van der Waals surface area contributed by atoms with Crippen LogP contribution in [0.2, 0.25) is 0 Å². The van der Waals surface area contributed by atoms with Crippen LogP contribution >= 0.6 is 0 Å². The number of halogens is 2. The minimum Gasteiger partial charge on any atom is -0.358 e. The molecule has 26 heavy (non-hydrogen) atoms. The lowest BCUT2D eigenvalue weighted by Crippen LogP contribution is -1.99. The Hall–Kier alpha value is -3.61. The van der Waals surface area contributed by atoms with Gasteiger partial charge in [0.2, 0.25) is 0 Å². The topological polar surface area (TPSA) is 59.4 Å². The number of aromatic amines is 1. The second kappa shape index (κ2) is 5.45. The normalized spacial score (nSPS) is 11.5. The Bertz CT molecular complexity index is 1270. The van der Waals surface area contributed by atoms with E-state index in [2.05, 4.69) is 20.5 Å². The highest BCUT2D eigenvalue weighted by molar-refractivity contribution is 5.94. The molecule has 5 rings (SSSR count). The van der Waals surface area contributed by atoms with Crippen LogP contribution < -0.4 is 0 Å². The smallest absolute Gasteiger partial charge is 0.189 e. The van der Waals surface area contributed by atoms with E-state index >= 15 is 0 Å². The molecule has 0 aliphatic carbocycles. The van der Waals surface area contributed by atoms with E-state index in [1.54, 1.807) is 10.9 Å². The fraction of sp³-hybridized carbons (Fsp3) is 0. The quantitative estimate of drug-likeness (QED) is 0.519. The number of rotatable bonds is 2. The van der Waals surface area contributed by atoms with Gasteiger partial charge in [0.1, 0.15) is 11.6 Å². The molecular weight excluding hydrogens is 336 g/mol. The van der Waals surface area contributed by atoms with Gasteiger partial charge in [-0.25, -0.2) is 8.78 Å². The van der Waals surface area contributed by atoms with Crippen molar-refractivity contribution < 1.29 is 8.78 Å². The van der Waals surface area contributed by atoms with E-state index in [1.165, 1.54) is 6.07 Å². The monoisotopic (exact) mass is 347 g/mol. The number of benzene rings is 3. The number of nitrogens with one attached hydrogen (secondary N) is 1. The molecule has 3 aromatic carbocycles. The molecule has 0 bridgehead atoms. The predicted molar refractivity (Wildman–Crippen MR) is 93.9 cm³/mol. The highest BCUT2D eigenvalue weighted by atomic mass is 19.1. The summed E-state index contributed by atoms with van der Waals surface area (Å²) in [5, 5.41) is 14.4. The Morgan fingerprint density at radius 1 is 0.923 bits per heavy atom. The minimum atomic E-state index is -0.657. The molecule has 126 valence electrons. The molecule has 0 atom stereocenters. The van der Waals surface area contributed by atoms with E-state index in [1.807, 2.05) is 42.5 Å². The number of hydrogen-bond acceptors (Lipinski definition) is 3. The molecule has 0 saturated carbocycles. The molecule has 0 radical (unpaired) electrons. The summed E-state index contributed by atoms with van der Waals surface area (Å²) in [7, 11) is 0. The van der Waals surface area contributed by atoms with Crippen LogP contribution in [0.3, 0.4) is 0 Å². The third kappa shape index (κ3) is 2.17. The van der Waals surface area contributed by atoms with Crippen molar-refractivity contribution in [2.75, 3.05) is 0 Å². The lowest BCUT2D eigenvalue weighted by molar-refractivity contribution is 0.591. The second-order valence-electron chi connectivity index (χ2n) is 5.96. The first-order chi connectivity index (χ1) is 12.7. The van der Waals surface area contributed by atoms with Crippen LogP contribution in [0.5, 0.6) is 0 Å². The molecule has 5 aromatic rings. The third-order valence-electron chi connectivity index (χ3n) is 4.39. The highest BCUT2D eigenvalue weighted by Gasteiger charge is 2.17. The predicted octanol–water partition coefficient (Wildman–Crippen LogP) is 4.24. The fourth-order valence-corrected chi connectivity index (χ4v) is 3.18. The average Bonchev–Trinajstić information content (AvgIpc) is 3.27. The third-order valence-corrected chi connectivity index (χ3v) is 4.39. The standard InChI is InChI=1S/C19H11F2N5/c20-13-8-15-16(10-22-18(15)17(21)9-13)19-23-24-25-26(19)14-6-5-11-3-1-2-4-12(11)7-14/h1-10,22H. The van der Waals surface area contributed by atoms with Crippen LogP contribution in [0.1, 0.15) is 0 Å². The van der Waals surface area contributed by atoms with E-state index in [0.717, 1.165) is 22.5 Å². The summed E-state index contributed by atoms with van der Waals surface area (Å²) in [5.74, 6) is -0.909. The average molecular weight is 347 g/mol. The number of aromatic nitrogens is 5. The van der Waals surface area contributed by atoms with Gasteiger partial charge in [-0.15, -0.1) is 5.10 Å². The van der Waals surface area contributed by atoms with E-state index in [0.29, 0.717) is 16.8 Å². The van der Waals surface area contributed by atoms with Gasteiger partial charge in [0.15, 0.2) is 5.82 Å². The maximum atomic E-state index is 14.0. The van der Waals surface area contributed by atoms with Gasteiger partial charge in [-0.05, 0) is 39.4 Å². The summed E-state index contributed by atoms with van der Waals surface area (Å²) in [6, 6.07) is 15.9. The molecule has 0 aliphatic heterocycles. The molecule has 1 N–H and O–H groups in total. The lowest BCUT2D eigenvalue weighted by atomic mass is 10.1. The molecule has 5 nitrogen and oxygen atoms in total. The van der Waals surface area contributed by atoms with Crippen LogP contribution in [0.4, 0.5) is 8.78 Å².